The smallest absolute Gasteiger partial charge is 0.0928 e. The second-order valence-corrected chi connectivity index (χ2v) is 5.66. The van der Waals surface area contributed by atoms with E-state index in [1.54, 1.807) is 11.3 Å². The van der Waals surface area contributed by atoms with E-state index in [1.807, 2.05) is 13.2 Å². The van der Waals surface area contributed by atoms with Crippen molar-refractivity contribution in [1.82, 2.24) is 10.3 Å². The van der Waals surface area contributed by atoms with Gasteiger partial charge >= 0.3 is 0 Å². The maximum atomic E-state index is 4.39. The van der Waals surface area contributed by atoms with Crippen molar-refractivity contribution >= 4 is 11.3 Å². The summed E-state index contributed by atoms with van der Waals surface area (Å²) in [6.07, 6.45) is 4.07. The van der Waals surface area contributed by atoms with Crippen LogP contribution in [0, 0.1) is 12.8 Å². The van der Waals surface area contributed by atoms with Gasteiger partial charge in [0, 0.05) is 18.0 Å². The number of hydrogen-bond donors (Lipinski definition) is 1. The standard InChI is InChI=1S/C15H20N2S/c1-12-5-3-4-6-14(12)9-13(11-16-2)10-15-17-7-8-18-15/h3-8,13,16H,9-11H2,1-2H3. The lowest BCUT2D eigenvalue weighted by Crippen LogP contribution is -2.23. The molecule has 0 aliphatic carbocycles. The highest BCUT2D eigenvalue weighted by Crippen LogP contribution is 2.18. The molecule has 96 valence electrons. The zero-order valence-corrected chi connectivity index (χ0v) is 11.8. The molecule has 1 unspecified atom stereocenters. The summed E-state index contributed by atoms with van der Waals surface area (Å²) in [5.74, 6) is 0.613. The van der Waals surface area contributed by atoms with Crippen LogP contribution in [0.4, 0.5) is 0 Å². The van der Waals surface area contributed by atoms with Gasteiger partial charge in [0.2, 0.25) is 0 Å². The molecule has 0 aliphatic heterocycles. The minimum atomic E-state index is 0.613. The molecular weight excluding hydrogens is 240 g/mol. The molecule has 18 heavy (non-hydrogen) atoms. The Morgan fingerprint density at radius 1 is 1.28 bits per heavy atom. The summed E-state index contributed by atoms with van der Waals surface area (Å²) in [7, 11) is 2.02. The Morgan fingerprint density at radius 3 is 2.78 bits per heavy atom. The van der Waals surface area contributed by atoms with Crippen LogP contribution in [0.3, 0.4) is 0 Å². The van der Waals surface area contributed by atoms with E-state index in [0.29, 0.717) is 5.92 Å². The molecule has 0 radical (unpaired) electrons. The number of aromatic nitrogens is 1. The number of nitrogens with one attached hydrogen (secondary N) is 1. The van der Waals surface area contributed by atoms with Crippen LogP contribution in [0.2, 0.25) is 0 Å². The molecule has 0 bridgehead atoms. The maximum Gasteiger partial charge on any atom is 0.0928 e. The first-order chi connectivity index (χ1) is 8.79. The monoisotopic (exact) mass is 260 g/mol. The van der Waals surface area contributed by atoms with Crippen LogP contribution in [0.1, 0.15) is 16.1 Å². The normalized spacial score (nSPS) is 12.6. The van der Waals surface area contributed by atoms with Gasteiger partial charge in [-0.1, -0.05) is 24.3 Å². The van der Waals surface area contributed by atoms with Crippen LogP contribution in [0.5, 0.6) is 0 Å². The number of benzene rings is 1. The molecule has 0 spiro atoms. The van der Waals surface area contributed by atoms with Crippen LogP contribution in [0.15, 0.2) is 35.8 Å². The molecule has 0 saturated carbocycles. The molecule has 1 aromatic heterocycles. The molecule has 1 heterocycles. The Bertz CT molecular complexity index is 465. The van der Waals surface area contributed by atoms with Crippen LogP contribution in [-0.4, -0.2) is 18.6 Å². The molecule has 0 amide bonds. The van der Waals surface area contributed by atoms with Gasteiger partial charge in [-0.05, 0) is 44.0 Å². The van der Waals surface area contributed by atoms with E-state index in [-0.39, 0.29) is 0 Å². The Kier molecular flexibility index (Phi) is 4.90. The average Bonchev–Trinajstić information content (AvgIpc) is 2.85. The van der Waals surface area contributed by atoms with Gasteiger partial charge in [0.15, 0.2) is 0 Å². The Labute approximate surface area is 113 Å². The van der Waals surface area contributed by atoms with Crippen LogP contribution in [0.25, 0.3) is 0 Å². The van der Waals surface area contributed by atoms with E-state index in [1.165, 1.54) is 16.1 Å². The van der Waals surface area contributed by atoms with E-state index in [2.05, 4.69) is 46.9 Å². The Balaban J connectivity index is 2.04. The molecule has 0 saturated heterocycles. The van der Waals surface area contributed by atoms with Gasteiger partial charge in [-0.2, -0.15) is 0 Å². The van der Waals surface area contributed by atoms with Gasteiger partial charge in [-0.25, -0.2) is 4.98 Å². The topological polar surface area (TPSA) is 24.9 Å². The number of thiazole rings is 1. The Hall–Kier alpha value is -1.19. The van der Waals surface area contributed by atoms with Gasteiger partial charge in [-0.15, -0.1) is 11.3 Å². The van der Waals surface area contributed by atoms with Crippen molar-refractivity contribution in [1.29, 1.82) is 0 Å². The zero-order valence-electron chi connectivity index (χ0n) is 11.0. The Morgan fingerprint density at radius 2 is 2.11 bits per heavy atom. The molecule has 2 rings (SSSR count). The third-order valence-corrected chi connectivity index (χ3v) is 4.01. The van der Waals surface area contributed by atoms with E-state index >= 15 is 0 Å². The lowest BCUT2D eigenvalue weighted by atomic mass is 9.94. The highest BCUT2D eigenvalue weighted by atomic mass is 32.1. The predicted octanol–water partition coefficient (Wildman–Crippen LogP) is 3.07. The molecule has 3 heteroatoms. The fraction of sp³-hybridized carbons (Fsp3) is 0.400. The molecule has 1 N–H and O–H groups in total. The molecule has 1 aromatic carbocycles. The number of hydrogen-bond acceptors (Lipinski definition) is 3. The SMILES string of the molecule is CNCC(Cc1nccs1)Cc1ccccc1C. The van der Waals surface area contributed by atoms with E-state index in [0.717, 1.165) is 19.4 Å². The summed E-state index contributed by atoms with van der Waals surface area (Å²) < 4.78 is 0. The van der Waals surface area contributed by atoms with Crippen molar-refractivity contribution in [3.63, 3.8) is 0 Å². The predicted molar refractivity (Wildman–Crippen MR) is 78.1 cm³/mol. The van der Waals surface area contributed by atoms with Crippen LogP contribution >= 0.6 is 11.3 Å². The molecule has 2 nitrogen and oxygen atoms in total. The summed E-state index contributed by atoms with van der Waals surface area (Å²) in [5, 5.41) is 6.59. The largest absolute Gasteiger partial charge is 0.319 e. The van der Waals surface area contributed by atoms with Gasteiger partial charge in [0.1, 0.15) is 0 Å². The zero-order chi connectivity index (χ0) is 12.8. The number of rotatable bonds is 6. The summed E-state index contributed by atoms with van der Waals surface area (Å²) in [6.45, 7) is 3.23. The minimum absolute atomic E-state index is 0.613. The van der Waals surface area contributed by atoms with E-state index in [9.17, 15) is 0 Å². The summed E-state index contributed by atoms with van der Waals surface area (Å²) in [6, 6.07) is 8.66. The van der Waals surface area contributed by atoms with Crippen molar-refractivity contribution < 1.29 is 0 Å². The average molecular weight is 260 g/mol. The highest BCUT2D eigenvalue weighted by molar-refractivity contribution is 7.09. The second kappa shape index (κ2) is 6.66. The third-order valence-electron chi connectivity index (χ3n) is 3.21. The maximum absolute atomic E-state index is 4.39. The number of nitrogens with zero attached hydrogens (tertiary/aromatic N) is 1. The first-order valence-corrected chi connectivity index (χ1v) is 7.25. The molecule has 0 aliphatic rings. The fourth-order valence-electron chi connectivity index (χ4n) is 2.26. The van der Waals surface area contributed by atoms with Crippen molar-refractivity contribution in [3.8, 4) is 0 Å². The van der Waals surface area contributed by atoms with Crippen molar-refractivity contribution in [2.45, 2.75) is 19.8 Å². The van der Waals surface area contributed by atoms with Crippen LogP contribution in [-0.2, 0) is 12.8 Å². The van der Waals surface area contributed by atoms with Gasteiger partial charge < -0.3 is 5.32 Å². The fourth-order valence-corrected chi connectivity index (χ4v) is 2.99. The van der Waals surface area contributed by atoms with Gasteiger partial charge in [0.25, 0.3) is 0 Å². The second-order valence-electron chi connectivity index (χ2n) is 4.68. The highest BCUT2D eigenvalue weighted by Gasteiger charge is 2.12. The van der Waals surface area contributed by atoms with Gasteiger partial charge in [-0.3, -0.25) is 0 Å². The molecule has 1 atom stereocenters. The molecule has 2 aromatic rings. The lowest BCUT2D eigenvalue weighted by Gasteiger charge is -2.16. The summed E-state index contributed by atoms with van der Waals surface area (Å²) in [4.78, 5) is 4.39. The van der Waals surface area contributed by atoms with Crippen LogP contribution < -0.4 is 5.32 Å². The van der Waals surface area contributed by atoms with E-state index < -0.39 is 0 Å². The lowest BCUT2D eigenvalue weighted by molar-refractivity contribution is 0.491. The van der Waals surface area contributed by atoms with Crippen molar-refractivity contribution in [2.24, 2.45) is 5.92 Å². The molecule has 0 fully saturated rings. The van der Waals surface area contributed by atoms with Crippen molar-refractivity contribution in [3.05, 3.63) is 52.0 Å². The third kappa shape index (κ3) is 3.65. The van der Waals surface area contributed by atoms with Crippen molar-refractivity contribution in [2.75, 3.05) is 13.6 Å². The van der Waals surface area contributed by atoms with Gasteiger partial charge in [0.05, 0.1) is 5.01 Å². The quantitative estimate of drug-likeness (QED) is 0.863. The van der Waals surface area contributed by atoms with E-state index in [4.69, 9.17) is 0 Å². The first-order valence-electron chi connectivity index (χ1n) is 6.37. The first kappa shape index (κ1) is 13.2. The summed E-state index contributed by atoms with van der Waals surface area (Å²) >= 11 is 1.75. The summed E-state index contributed by atoms with van der Waals surface area (Å²) in [5.41, 5.74) is 2.84. The minimum Gasteiger partial charge on any atom is -0.319 e. The number of aryl methyl sites for hydroxylation is 1. The molecular formula is C15H20N2S.